The Balaban J connectivity index is 1.66. The number of hydrogen-bond donors (Lipinski definition) is 2. The smallest absolute Gasteiger partial charge is 0.269 e. The molecule has 1 unspecified atom stereocenters. The van der Waals surface area contributed by atoms with Crippen molar-refractivity contribution in [1.29, 1.82) is 0 Å². The van der Waals surface area contributed by atoms with Crippen molar-refractivity contribution in [2.75, 3.05) is 13.1 Å². The first kappa shape index (κ1) is 13.7. The molecule has 0 bridgehead atoms. The lowest BCUT2D eigenvalue weighted by molar-refractivity contribution is 0.0944. The number of fused-ring (bicyclic) bond motifs is 1. The highest BCUT2D eigenvalue weighted by Gasteiger charge is 2.19. The summed E-state index contributed by atoms with van der Waals surface area (Å²) in [6.45, 7) is 1.38. The second kappa shape index (κ2) is 6.01. The lowest BCUT2D eigenvalue weighted by atomic mass is 9.94. The van der Waals surface area contributed by atoms with Crippen molar-refractivity contribution in [3.05, 3.63) is 65.2 Å². The summed E-state index contributed by atoms with van der Waals surface area (Å²) in [5.74, 6) is -0.741. The van der Waals surface area contributed by atoms with Gasteiger partial charge in [0, 0.05) is 12.6 Å². The third-order valence-electron chi connectivity index (χ3n) is 3.64. The Labute approximate surface area is 122 Å². The van der Waals surface area contributed by atoms with Crippen molar-refractivity contribution >= 4 is 5.91 Å². The van der Waals surface area contributed by atoms with E-state index in [-0.39, 0.29) is 17.6 Å². The lowest BCUT2D eigenvalue weighted by Gasteiger charge is -2.27. The van der Waals surface area contributed by atoms with Gasteiger partial charge >= 0.3 is 0 Å². The predicted octanol–water partition coefficient (Wildman–Crippen LogP) is 1.84. The maximum Gasteiger partial charge on any atom is 0.269 e. The number of benzene rings is 1. The van der Waals surface area contributed by atoms with E-state index in [9.17, 15) is 9.18 Å². The molecule has 0 spiro atoms. The van der Waals surface area contributed by atoms with Crippen molar-refractivity contribution < 1.29 is 9.18 Å². The quantitative estimate of drug-likeness (QED) is 0.904. The van der Waals surface area contributed by atoms with Crippen molar-refractivity contribution in [2.24, 2.45) is 0 Å². The lowest BCUT2D eigenvalue weighted by Crippen LogP contribution is -2.39. The monoisotopic (exact) mass is 285 g/mol. The van der Waals surface area contributed by atoms with Crippen LogP contribution in [0, 0.1) is 5.82 Å². The molecular formula is C16H16FN3O. The average molecular weight is 285 g/mol. The molecule has 0 saturated carbocycles. The molecule has 0 aliphatic carbocycles. The Bertz CT molecular complexity index is 642. The van der Waals surface area contributed by atoms with Gasteiger partial charge in [0.15, 0.2) is 0 Å². The van der Waals surface area contributed by atoms with Crippen LogP contribution in [0.2, 0.25) is 0 Å². The summed E-state index contributed by atoms with van der Waals surface area (Å²) in [4.78, 5) is 15.8. The second-order valence-electron chi connectivity index (χ2n) is 5.03. The molecule has 1 aromatic carbocycles. The standard InChI is InChI=1S/C16H16FN3O/c17-12-5-6-14(19-9-12)16(21)20-10-15-13-4-2-1-3-11(13)7-8-18-15/h1-6,9,15,18H,7-8,10H2,(H,20,21). The molecule has 1 aliphatic heterocycles. The molecule has 3 rings (SSSR count). The van der Waals surface area contributed by atoms with E-state index in [1.807, 2.05) is 12.1 Å². The SMILES string of the molecule is O=C(NCC1NCCc2ccccc21)c1ccc(F)cn1. The number of hydrogen-bond acceptors (Lipinski definition) is 3. The highest BCUT2D eigenvalue weighted by molar-refractivity contribution is 5.92. The van der Waals surface area contributed by atoms with E-state index in [4.69, 9.17) is 0 Å². The van der Waals surface area contributed by atoms with Crippen LogP contribution >= 0.6 is 0 Å². The van der Waals surface area contributed by atoms with Gasteiger partial charge in [0.1, 0.15) is 11.5 Å². The molecule has 2 heterocycles. The van der Waals surface area contributed by atoms with Crippen LogP contribution in [0.25, 0.3) is 0 Å². The highest BCUT2D eigenvalue weighted by atomic mass is 19.1. The summed E-state index contributed by atoms with van der Waals surface area (Å²) in [5, 5.41) is 6.24. The van der Waals surface area contributed by atoms with Crippen LogP contribution < -0.4 is 10.6 Å². The van der Waals surface area contributed by atoms with Crippen molar-refractivity contribution in [3.8, 4) is 0 Å². The number of aromatic nitrogens is 1. The van der Waals surface area contributed by atoms with Crippen molar-refractivity contribution in [1.82, 2.24) is 15.6 Å². The van der Waals surface area contributed by atoms with Gasteiger partial charge in [0.05, 0.1) is 6.20 Å². The maximum atomic E-state index is 12.8. The van der Waals surface area contributed by atoms with E-state index in [0.29, 0.717) is 6.54 Å². The summed E-state index contributed by atoms with van der Waals surface area (Å²) in [6, 6.07) is 10.9. The van der Waals surface area contributed by atoms with Gasteiger partial charge in [0.2, 0.25) is 0 Å². The predicted molar refractivity (Wildman–Crippen MR) is 77.4 cm³/mol. The minimum absolute atomic E-state index is 0.0966. The molecule has 4 nitrogen and oxygen atoms in total. The zero-order valence-corrected chi connectivity index (χ0v) is 11.5. The Morgan fingerprint density at radius 2 is 2.19 bits per heavy atom. The molecule has 1 aliphatic rings. The maximum absolute atomic E-state index is 12.8. The largest absolute Gasteiger partial charge is 0.349 e. The molecule has 0 saturated heterocycles. The Kier molecular flexibility index (Phi) is 3.92. The fourth-order valence-electron chi connectivity index (χ4n) is 2.57. The molecule has 1 amide bonds. The van der Waals surface area contributed by atoms with E-state index in [1.54, 1.807) is 0 Å². The van der Waals surface area contributed by atoms with E-state index in [1.165, 1.54) is 23.3 Å². The van der Waals surface area contributed by atoms with Gasteiger partial charge in [-0.05, 0) is 36.2 Å². The molecule has 108 valence electrons. The Morgan fingerprint density at radius 3 is 3.00 bits per heavy atom. The molecular weight excluding hydrogens is 269 g/mol. The average Bonchev–Trinajstić information content (AvgIpc) is 2.53. The molecule has 0 radical (unpaired) electrons. The van der Waals surface area contributed by atoms with Crippen LogP contribution in [0.15, 0.2) is 42.6 Å². The number of amides is 1. The molecule has 2 aromatic rings. The molecule has 0 fully saturated rings. The number of rotatable bonds is 3. The third kappa shape index (κ3) is 3.08. The number of pyridine rings is 1. The first-order valence-corrected chi connectivity index (χ1v) is 6.95. The van der Waals surface area contributed by atoms with Crippen molar-refractivity contribution in [3.63, 3.8) is 0 Å². The van der Waals surface area contributed by atoms with Gasteiger partial charge in [-0.15, -0.1) is 0 Å². The highest BCUT2D eigenvalue weighted by Crippen LogP contribution is 2.21. The van der Waals surface area contributed by atoms with Gasteiger partial charge in [-0.3, -0.25) is 4.79 Å². The molecule has 5 heteroatoms. The van der Waals surface area contributed by atoms with E-state index < -0.39 is 5.82 Å². The first-order valence-electron chi connectivity index (χ1n) is 6.95. The summed E-state index contributed by atoms with van der Waals surface area (Å²) < 4.78 is 12.8. The fourth-order valence-corrected chi connectivity index (χ4v) is 2.57. The Hall–Kier alpha value is -2.27. The van der Waals surface area contributed by atoms with E-state index in [0.717, 1.165) is 19.2 Å². The fraction of sp³-hybridized carbons (Fsp3) is 0.250. The minimum atomic E-state index is -0.450. The van der Waals surface area contributed by atoms with Crippen LogP contribution in [0.1, 0.15) is 27.7 Å². The van der Waals surface area contributed by atoms with Gasteiger partial charge in [-0.1, -0.05) is 24.3 Å². The summed E-state index contributed by atoms with van der Waals surface area (Å²) in [7, 11) is 0. The number of carbonyl (C=O) groups is 1. The molecule has 1 atom stereocenters. The number of halogens is 1. The first-order chi connectivity index (χ1) is 10.2. The van der Waals surface area contributed by atoms with Crippen LogP contribution in [-0.2, 0) is 6.42 Å². The van der Waals surface area contributed by atoms with Crippen molar-refractivity contribution in [2.45, 2.75) is 12.5 Å². The molecule has 21 heavy (non-hydrogen) atoms. The van der Waals surface area contributed by atoms with Gasteiger partial charge in [0.25, 0.3) is 5.91 Å². The summed E-state index contributed by atoms with van der Waals surface area (Å²) in [6.07, 6.45) is 2.04. The van der Waals surface area contributed by atoms with Crippen LogP contribution in [0.5, 0.6) is 0 Å². The van der Waals surface area contributed by atoms with Gasteiger partial charge < -0.3 is 10.6 Å². The molecule has 2 N–H and O–H groups in total. The van der Waals surface area contributed by atoms with Crippen LogP contribution in [0.3, 0.4) is 0 Å². The second-order valence-corrected chi connectivity index (χ2v) is 5.03. The number of carbonyl (C=O) groups excluding carboxylic acids is 1. The van der Waals surface area contributed by atoms with Crippen LogP contribution in [-0.4, -0.2) is 24.0 Å². The van der Waals surface area contributed by atoms with Gasteiger partial charge in [-0.25, -0.2) is 9.37 Å². The molecule has 1 aromatic heterocycles. The number of nitrogens with one attached hydrogen (secondary N) is 2. The summed E-state index contributed by atoms with van der Waals surface area (Å²) in [5.41, 5.74) is 2.76. The normalized spacial score (nSPS) is 17.1. The third-order valence-corrected chi connectivity index (χ3v) is 3.64. The zero-order valence-electron chi connectivity index (χ0n) is 11.5. The van der Waals surface area contributed by atoms with E-state index >= 15 is 0 Å². The topological polar surface area (TPSA) is 54.0 Å². The van der Waals surface area contributed by atoms with Crippen LogP contribution in [0.4, 0.5) is 4.39 Å². The van der Waals surface area contributed by atoms with E-state index in [2.05, 4.69) is 27.8 Å². The zero-order chi connectivity index (χ0) is 14.7. The van der Waals surface area contributed by atoms with Gasteiger partial charge in [-0.2, -0.15) is 0 Å². The number of nitrogens with zero attached hydrogens (tertiary/aromatic N) is 1. The minimum Gasteiger partial charge on any atom is -0.349 e. The Morgan fingerprint density at radius 1 is 1.33 bits per heavy atom. The summed E-state index contributed by atoms with van der Waals surface area (Å²) >= 11 is 0.